The molecule has 0 bridgehead atoms. The molecule has 0 radical (unpaired) electrons. The lowest BCUT2D eigenvalue weighted by Gasteiger charge is -2.04. The van der Waals surface area contributed by atoms with Gasteiger partial charge in [0, 0.05) is 0 Å². The highest BCUT2D eigenvalue weighted by molar-refractivity contribution is 9.10. The molecule has 5 heteroatoms. The van der Waals surface area contributed by atoms with Gasteiger partial charge in [0.25, 0.3) is 0 Å². The number of carbonyl (C=O) groups is 1. The van der Waals surface area contributed by atoms with Crippen LogP contribution in [0, 0.1) is 5.82 Å². The van der Waals surface area contributed by atoms with Crippen LogP contribution in [0.25, 0.3) is 0 Å². The summed E-state index contributed by atoms with van der Waals surface area (Å²) >= 11 is 3.02. The summed E-state index contributed by atoms with van der Waals surface area (Å²) in [4.78, 5) is 10.4. The first-order valence-electron chi connectivity index (χ1n) is 3.96. The SMILES string of the molecule is NC(=O)CCOc1ccc(F)c(Br)c1. The van der Waals surface area contributed by atoms with Crippen LogP contribution in [-0.4, -0.2) is 12.5 Å². The number of amides is 1. The van der Waals surface area contributed by atoms with E-state index in [0.29, 0.717) is 10.2 Å². The van der Waals surface area contributed by atoms with Crippen LogP contribution in [0.4, 0.5) is 4.39 Å². The Balaban J connectivity index is 2.51. The van der Waals surface area contributed by atoms with Gasteiger partial charge in [-0.05, 0) is 34.1 Å². The molecule has 0 atom stereocenters. The van der Waals surface area contributed by atoms with Crippen molar-refractivity contribution in [3.8, 4) is 5.75 Å². The predicted octanol–water partition coefficient (Wildman–Crippen LogP) is 1.84. The van der Waals surface area contributed by atoms with Gasteiger partial charge in [0.15, 0.2) is 0 Å². The number of benzene rings is 1. The summed E-state index contributed by atoms with van der Waals surface area (Å²) in [5.74, 6) is -0.280. The molecule has 0 aliphatic heterocycles. The normalized spacial score (nSPS) is 9.86. The topological polar surface area (TPSA) is 52.3 Å². The molecule has 0 unspecified atom stereocenters. The molecule has 0 saturated heterocycles. The van der Waals surface area contributed by atoms with E-state index in [1.165, 1.54) is 18.2 Å². The van der Waals surface area contributed by atoms with Crippen LogP contribution in [0.15, 0.2) is 22.7 Å². The standard InChI is InChI=1S/C9H9BrFNO2/c10-7-5-6(1-2-8(7)11)14-4-3-9(12)13/h1-2,5H,3-4H2,(H2,12,13). The summed E-state index contributed by atoms with van der Waals surface area (Å²) in [6.45, 7) is 0.202. The summed E-state index contributed by atoms with van der Waals surface area (Å²) in [5, 5.41) is 0. The monoisotopic (exact) mass is 261 g/mol. The smallest absolute Gasteiger partial charge is 0.220 e. The van der Waals surface area contributed by atoms with Gasteiger partial charge in [-0.15, -0.1) is 0 Å². The molecule has 0 saturated carbocycles. The molecule has 76 valence electrons. The third kappa shape index (κ3) is 3.33. The molecule has 2 N–H and O–H groups in total. The largest absolute Gasteiger partial charge is 0.493 e. The average Bonchev–Trinajstić information content (AvgIpc) is 2.10. The first-order chi connectivity index (χ1) is 6.59. The maximum atomic E-state index is 12.8. The van der Waals surface area contributed by atoms with Gasteiger partial charge in [-0.2, -0.15) is 0 Å². The average molecular weight is 262 g/mol. The Bertz CT molecular complexity index is 344. The number of ether oxygens (including phenoxy) is 1. The molecule has 0 fully saturated rings. The highest BCUT2D eigenvalue weighted by Crippen LogP contribution is 2.21. The molecule has 1 amide bonds. The molecule has 1 aromatic carbocycles. The zero-order chi connectivity index (χ0) is 10.6. The van der Waals surface area contributed by atoms with Crippen LogP contribution >= 0.6 is 15.9 Å². The molecule has 14 heavy (non-hydrogen) atoms. The second kappa shape index (κ2) is 4.95. The molecule has 0 aromatic heterocycles. The number of primary amides is 1. The summed E-state index contributed by atoms with van der Waals surface area (Å²) in [7, 11) is 0. The van der Waals surface area contributed by atoms with Gasteiger partial charge < -0.3 is 10.5 Å². The number of hydrogen-bond acceptors (Lipinski definition) is 2. The molecular formula is C9H9BrFNO2. The molecule has 1 rings (SSSR count). The predicted molar refractivity (Wildman–Crippen MR) is 53.4 cm³/mol. The molecular weight excluding hydrogens is 253 g/mol. The summed E-state index contributed by atoms with van der Waals surface area (Å²) in [5.41, 5.74) is 4.92. The maximum Gasteiger partial charge on any atom is 0.220 e. The minimum Gasteiger partial charge on any atom is -0.493 e. The first kappa shape index (κ1) is 11.0. The molecule has 0 heterocycles. The van der Waals surface area contributed by atoms with E-state index in [-0.39, 0.29) is 18.8 Å². The van der Waals surface area contributed by atoms with Crippen molar-refractivity contribution in [2.75, 3.05) is 6.61 Å². The number of halogens is 2. The first-order valence-corrected chi connectivity index (χ1v) is 4.75. The Kier molecular flexibility index (Phi) is 3.88. The van der Waals surface area contributed by atoms with E-state index in [1.807, 2.05) is 0 Å². The summed E-state index contributed by atoms with van der Waals surface area (Å²) in [6, 6.07) is 4.26. The number of carbonyl (C=O) groups excluding carboxylic acids is 1. The molecule has 0 spiro atoms. The molecule has 0 aliphatic carbocycles. The van der Waals surface area contributed by atoms with Crippen LogP contribution in [0.5, 0.6) is 5.75 Å². The van der Waals surface area contributed by atoms with Crippen molar-refractivity contribution in [1.29, 1.82) is 0 Å². The minimum absolute atomic E-state index is 0.148. The Labute approximate surface area is 89.2 Å². The van der Waals surface area contributed by atoms with Gasteiger partial charge in [0.1, 0.15) is 11.6 Å². The fourth-order valence-electron chi connectivity index (χ4n) is 0.836. The van der Waals surface area contributed by atoms with Crippen molar-refractivity contribution in [1.82, 2.24) is 0 Å². The number of nitrogens with two attached hydrogens (primary N) is 1. The van der Waals surface area contributed by atoms with E-state index in [1.54, 1.807) is 0 Å². The number of hydrogen-bond donors (Lipinski definition) is 1. The van der Waals surface area contributed by atoms with Crippen molar-refractivity contribution in [3.05, 3.63) is 28.5 Å². The van der Waals surface area contributed by atoms with E-state index in [9.17, 15) is 9.18 Å². The van der Waals surface area contributed by atoms with Crippen molar-refractivity contribution in [3.63, 3.8) is 0 Å². The van der Waals surface area contributed by atoms with E-state index >= 15 is 0 Å². The Morgan fingerprint density at radius 2 is 2.29 bits per heavy atom. The van der Waals surface area contributed by atoms with Crippen molar-refractivity contribution in [2.24, 2.45) is 5.73 Å². The van der Waals surface area contributed by atoms with E-state index in [4.69, 9.17) is 10.5 Å². The molecule has 1 aromatic rings. The van der Waals surface area contributed by atoms with Gasteiger partial charge >= 0.3 is 0 Å². The zero-order valence-corrected chi connectivity index (χ0v) is 8.88. The van der Waals surface area contributed by atoms with E-state index in [0.717, 1.165) is 0 Å². The van der Waals surface area contributed by atoms with Gasteiger partial charge in [-0.1, -0.05) is 0 Å². The van der Waals surface area contributed by atoms with Gasteiger partial charge in [-0.25, -0.2) is 4.39 Å². The van der Waals surface area contributed by atoms with Crippen LogP contribution in [0.1, 0.15) is 6.42 Å². The lowest BCUT2D eigenvalue weighted by Crippen LogP contribution is -2.14. The highest BCUT2D eigenvalue weighted by Gasteiger charge is 2.01. The van der Waals surface area contributed by atoms with E-state index in [2.05, 4.69) is 15.9 Å². The van der Waals surface area contributed by atoms with Crippen molar-refractivity contribution >= 4 is 21.8 Å². The summed E-state index contributed by atoms with van der Waals surface area (Å²) < 4.78 is 18.3. The zero-order valence-electron chi connectivity index (χ0n) is 7.30. The van der Waals surface area contributed by atoms with Crippen LogP contribution in [-0.2, 0) is 4.79 Å². The van der Waals surface area contributed by atoms with Gasteiger partial charge in [-0.3, -0.25) is 4.79 Å². The van der Waals surface area contributed by atoms with Crippen molar-refractivity contribution in [2.45, 2.75) is 6.42 Å². The van der Waals surface area contributed by atoms with E-state index < -0.39 is 5.91 Å². The number of rotatable bonds is 4. The molecule has 0 aliphatic rings. The maximum absolute atomic E-state index is 12.8. The third-order valence-corrected chi connectivity index (χ3v) is 2.12. The third-order valence-electron chi connectivity index (χ3n) is 1.51. The highest BCUT2D eigenvalue weighted by atomic mass is 79.9. The lowest BCUT2D eigenvalue weighted by molar-refractivity contribution is -0.118. The second-order valence-corrected chi connectivity index (χ2v) is 3.50. The fraction of sp³-hybridized carbons (Fsp3) is 0.222. The Hall–Kier alpha value is -1.10. The quantitative estimate of drug-likeness (QED) is 0.900. The second-order valence-electron chi connectivity index (χ2n) is 2.64. The van der Waals surface area contributed by atoms with Gasteiger partial charge in [0.2, 0.25) is 5.91 Å². The van der Waals surface area contributed by atoms with Crippen LogP contribution < -0.4 is 10.5 Å². The van der Waals surface area contributed by atoms with Gasteiger partial charge in [0.05, 0.1) is 17.5 Å². The Morgan fingerprint density at radius 3 is 2.86 bits per heavy atom. The Morgan fingerprint density at radius 1 is 1.57 bits per heavy atom. The minimum atomic E-state index is -0.425. The van der Waals surface area contributed by atoms with Crippen LogP contribution in [0.3, 0.4) is 0 Å². The summed E-state index contributed by atoms with van der Waals surface area (Å²) in [6.07, 6.45) is 0.148. The fourth-order valence-corrected chi connectivity index (χ4v) is 1.19. The molecule has 3 nitrogen and oxygen atoms in total. The lowest BCUT2D eigenvalue weighted by atomic mass is 10.3. The van der Waals surface area contributed by atoms with Crippen molar-refractivity contribution < 1.29 is 13.9 Å². The van der Waals surface area contributed by atoms with Crippen LogP contribution in [0.2, 0.25) is 0 Å².